The number of nitrogens with zero attached hydrogens (tertiary/aromatic N) is 8. The van der Waals surface area contributed by atoms with Crippen molar-refractivity contribution < 1.29 is 14.1 Å². The van der Waals surface area contributed by atoms with Crippen molar-refractivity contribution in [3.05, 3.63) is 65.6 Å². The van der Waals surface area contributed by atoms with Gasteiger partial charge in [-0.3, -0.25) is 9.20 Å². The maximum atomic E-state index is 12.8. The van der Waals surface area contributed by atoms with Crippen LogP contribution in [0.25, 0.3) is 22.8 Å². The lowest BCUT2D eigenvalue weighted by atomic mass is 10.2. The average Bonchev–Trinajstić information content (AvgIpc) is 3.55. The highest BCUT2D eigenvalue weighted by Crippen LogP contribution is 2.24. The van der Waals surface area contributed by atoms with Gasteiger partial charge in [0.2, 0.25) is 0 Å². The molecule has 0 bridgehead atoms. The summed E-state index contributed by atoms with van der Waals surface area (Å²) in [5, 5.41) is 23.3. The Labute approximate surface area is 187 Å². The number of ether oxygens (including phenoxy) is 1. The number of aromatic nitrogens is 8. The van der Waals surface area contributed by atoms with E-state index in [0.29, 0.717) is 45.9 Å². The summed E-state index contributed by atoms with van der Waals surface area (Å²) in [7, 11) is 1.58. The van der Waals surface area contributed by atoms with Crippen LogP contribution < -0.4 is 10.1 Å². The zero-order chi connectivity index (χ0) is 22.9. The zero-order valence-corrected chi connectivity index (χ0v) is 18.1. The molecule has 12 nitrogen and oxygen atoms in total. The Morgan fingerprint density at radius 1 is 1.12 bits per heavy atom. The molecule has 0 atom stereocenters. The number of hydrogen-bond acceptors (Lipinski definition) is 9. The van der Waals surface area contributed by atoms with Crippen molar-refractivity contribution in [1.29, 1.82) is 0 Å². The molecular formula is C21H19N9O3. The number of carbonyl (C=O) groups excluding carboxylic acids is 1. The van der Waals surface area contributed by atoms with Gasteiger partial charge in [-0.15, -0.1) is 15.3 Å². The Bertz CT molecular complexity index is 1470. The molecule has 0 aliphatic rings. The van der Waals surface area contributed by atoms with Crippen molar-refractivity contribution >= 4 is 11.6 Å². The Kier molecular flexibility index (Phi) is 5.01. The molecule has 12 heteroatoms. The van der Waals surface area contributed by atoms with Gasteiger partial charge >= 0.3 is 0 Å². The van der Waals surface area contributed by atoms with Gasteiger partial charge in [0, 0.05) is 6.20 Å². The largest absolute Gasteiger partial charge is 0.494 e. The first-order valence-corrected chi connectivity index (χ1v) is 10.0. The van der Waals surface area contributed by atoms with Crippen molar-refractivity contribution in [2.24, 2.45) is 0 Å². The molecule has 0 unspecified atom stereocenters. The number of aryl methyl sites for hydroxylation is 1. The molecule has 0 saturated carbocycles. The van der Waals surface area contributed by atoms with E-state index in [1.807, 2.05) is 36.4 Å². The predicted octanol–water partition coefficient (Wildman–Crippen LogP) is 1.92. The molecule has 4 heterocycles. The summed E-state index contributed by atoms with van der Waals surface area (Å²) in [4.78, 5) is 17.1. The highest BCUT2D eigenvalue weighted by atomic mass is 16.5. The Morgan fingerprint density at radius 2 is 1.97 bits per heavy atom. The van der Waals surface area contributed by atoms with Crippen LogP contribution in [0.15, 0.2) is 47.1 Å². The Hall–Kier alpha value is -4.61. The minimum atomic E-state index is -0.380. The molecular weight excluding hydrogens is 426 g/mol. The third-order valence-corrected chi connectivity index (χ3v) is 5.09. The van der Waals surface area contributed by atoms with E-state index in [2.05, 4.69) is 36.0 Å². The van der Waals surface area contributed by atoms with Crippen LogP contribution in [0.5, 0.6) is 5.75 Å². The zero-order valence-electron chi connectivity index (χ0n) is 18.1. The fourth-order valence-electron chi connectivity index (χ4n) is 3.47. The first kappa shape index (κ1) is 20.3. The first-order chi connectivity index (χ1) is 16.1. The highest BCUT2D eigenvalue weighted by Gasteiger charge is 2.20. The lowest BCUT2D eigenvalue weighted by Crippen LogP contribution is -2.25. The van der Waals surface area contributed by atoms with Crippen molar-refractivity contribution in [2.45, 2.75) is 20.4 Å². The number of fused-ring (bicyclic) bond motifs is 1. The molecule has 5 aromatic rings. The molecule has 0 fully saturated rings. The maximum absolute atomic E-state index is 12.8. The van der Waals surface area contributed by atoms with Crippen molar-refractivity contribution in [3.8, 4) is 22.9 Å². The SMILES string of the molecule is COc1ccccc1-n1nnc(C(=O)NCc2nnc3c(-c4nc(C)no4)cccn23)c1C. The molecule has 0 saturated heterocycles. The first-order valence-electron chi connectivity index (χ1n) is 10.0. The monoisotopic (exact) mass is 445 g/mol. The van der Waals surface area contributed by atoms with Gasteiger partial charge in [-0.25, -0.2) is 4.68 Å². The average molecular weight is 445 g/mol. The van der Waals surface area contributed by atoms with Gasteiger partial charge in [0.15, 0.2) is 23.0 Å². The van der Waals surface area contributed by atoms with Crippen LogP contribution in [0.4, 0.5) is 0 Å². The van der Waals surface area contributed by atoms with E-state index in [1.165, 1.54) is 0 Å². The fraction of sp³-hybridized carbons (Fsp3) is 0.190. The summed E-state index contributed by atoms with van der Waals surface area (Å²) < 4.78 is 14.0. The second-order valence-corrected chi connectivity index (χ2v) is 7.17. The van der Waals surface area contributed by atoms with Crippen LogP contribution in [0.2, 0.25) is 0 Å². The maximum Gasteiger partial charge on any atom is 0.274 e. The molecule has 1 aromatic carbocycles. The van der Waals surface area contributed by atoms with Gasteiger partial charge in [-0.05, 0) is 38.1 Å². The van der Waals surface area contributed by atoms with Crippen LogP contribution >= 0.6 is 0 Å². The van der Waals surface area contributed by atoms with Crippen molar-refractivity contribution in [3.63, 3.8) is 0 Å². The number of pyridine rings is 1. The summed E-state index contributed by atoms with van der Waals surface area (Å²) in [6, 6.07) is 11.0. The van der Waals surface area contributed by atoms with E-state index in [9.17, 15) is 4.79 Å². The second-order valence-electron chi connectivity index (χ2n) is 7.17. The summed E-state index contributed by atoms with van der Waals surface area (Å²) in [6.07, 6.45) is 1.80. The van der Waals surface area contributed by atoms with Crippen LogP contribution in [0.1, 0.15) is 27.8 Å². The molecule has 0 spiro atoms. The molecule has 4 aromatic heterocycles. The van der Waals surface area contributed by atoms with E-state index in [1.54, 1.807) is 36.2 Å². The van der Waals surface area contributed by atoms with Crippen molar-refractivity contribution in [1.82, 2.24) is 45.0 Å². The van der Waals surface area contributed by atoms with Gasteiger partial charge < -0.3 is 14.6 Å². The van der Waals surface area contributed by atoms with E-state index < -0.39 is 0 Å². The van der Waals surface area contributed by atoms with Gasteiger partial charge in [0.1, 0.15) is 11.4 Å². The van der Waals surface area contributed by atoms with Crippen molar-refractivity contribution in [2.75, 3.05) is 7.11 Å². The second kappa shape index (κ2) is 8.15. The third-order valence-electron chi connectivity index (χ3n) is 5.09. The molecule has 1 N–H and O–H groups in total. The number of methoxy groups -OCH3 is 1. The lowest BCUT2D eigenvalue weighted by Gasteiger charge is -2.09. The number of benzene rings is 1. The van der Waals surface area contributed by atoms with Gasteiger partial charge in [-0.1, -0.05) is 22.5 Å². The summed E-state index contributed by atoms with van der Waals surface area (Å²) >= 11 is 0. The van der Waals surface area contributed by atoms with Crippen LogP contribution in [-0.2, 0) is 6.54 Å². The van der Waals surface area contributed by atoms with Crippen LogP contribution in [-0.4, -0.2) is 52.7 Å². The summed E-state index contributed by atoms with van der Waals surface area (Å²) in [5.41, 5.74) is 2.67. The summed E-state index contributed by atoms with van der Waals surface area (Å²) in [6.45, 7) is 3.64. The number of para-hydroxylation sites is 2. The number of carbonyl (C=O) groups is 1. The van der Waals surface area contributed by atoms with Crippen LogP contribution in [0, 0.1) is 13.8 Å². The predicted molar refractivity (Wildman–Crippen MR) is 115 cm³/mol. The van der Waals surface area contributed by atoms with Gasteiger partial charge in [0.05, 0.1) is 24.9 Å². The van der Waals surface area contributed by atoms with Gasteiger partial charge in [0.25, 0.3) is 11.8 Å². The van der Waals surface area contributed by atoms with E-state index in [-0.39, 0.29) is 18.1 Å². The minimum Gasteiger partial charge on any atom is -0.494 e. The molecule has 0 radical (unpaired) electrons. The third kappa shape index (κ3) is 3.56. The minimum absolute atomic E-state index is 0.132. The number of hydrogen-bond donors (Lipinski definition) is 1. The Morgan fingerprint density at radius 3 is 2.76 bits per heavy atom. The Balaban J connectivity index is 1.38. The topological polar surface area (TPSA) is 138 Å². The lowest BCUT2D eigenvalue weighted by molar-refractivity contribution is 0.0944. The molecule has 1 amide bonds. The van der Waals surface area contributed by atoms with E-state index in [0.717, 1.165) is 0 Å². The van der Waals surface area contributed by atoms with Gasteiger partial charge in [-0.2, -0.15) is 4.98 Å². The quantitative estimate of drug-likeness (QED) is 0.415. The highest BCUT2D eigenvalue weighted by molar-refractivity contribution is 5.93. The molecule has 33 heavy (non-hydrogen) atoms. The number of amides is 1. The number of rotatable bonds is 6. The van der Waals surface area contributed by atoms with Crippen LogP contribution in [0.3, 0.4) is 0 Å². The van der Waals surface area contributed by atoms with E-state index >= 15 is 0 Å². The standard InChI is InChI=1S/C21H19N9O3/c1-12-18(25-28-30(12)15-8-4-5-9-16(15)32-3)20(31)22-11-17-24-26-19-14(7-6-10-29(17)19)21-23-13(2)27-33-21/h4-10H,11H2,1-3H3,(H,22,31). The molecule has 166 valence electrons. The molecule has 0 aliphatic heterocycles. The smallest absolute Gasteiger partial charge is 0.274 e. The normalized spacial score (nSPS) is 11.1. The van der Waals surface area contributed by atoms with E-state index in [4.69, 9.17) is 9.26 Å². The molecule has 0 aliphatic carbocycles. The fourth-order valence-corrected chi connectivity index (χ4v) is 3.47. The number of nitrogens with one attached hydrogen (secondary N) is 1. The molecule has 5 rings (SSSR count). The summed E-state index contributed by atoms with van der Waals surface area (Å²) in [5.74, 6) is 1.65.